The van der Waals surface area contributed by atoms with E-state index in [1.807, 2.05) is 55.5 Å². The number of carboxylic acid groups (broad SMARTS) is 1. The Hall–Kier alpha value is -3.60. The lowest BCUT2D eigenvalue weighted by molar-refractivity contribution is -0.115. The molecule has 3 aromatic carbocycles. The van der Waals surface area contributed by atoms with Gasteiger partial charge in [-0.25, -0.2) is 4.79 Å². The third-order valence-electron chi connectivity index (χ3n) is 5.74. The molecule has 0 saturated heterocycles. The van der Waals surface area contributed by atoms with E-state index in [2.05, 4.69) is 37.9 Å². The molecule has 0 aliphatic heterocycles. The van der Waals surface area contributed by atoms with Crippen molar-refractivity contribution in [3.63, 3.8) is 0 Å². The van der Waals surface area contributed by atoms with E-state index in [1.54, 1.807) is 18.2 Å². The lowest BCUT2D eigenvalue weighted by atomic mass is 9.98. The Bertz CT molecular complexity index is 1160. The van der Waals surface area contributed by atoms with Crippen molar-refractivity contribution in [3.05, 3.63) is 83.4 Å². The summed E-state index contributed by atoms with van der Waals surface area (Å²) in [6.07, 6.45) is 0.268. The Morgan fingerprint density at radius 1 is 0.886 bits per heavy atom. The van der Waals surface area contributed by atoms with Crippen molar-refractivity contribution < 1.29 is 14.7 Å². The topological polar surface area (TPSA) is 69.6 Å². The highest BCUT2D eigenvalue weighted by atomic mass is 16.4. The highest BCUT2D eigenvalue weighted by molar-refractivity contribution is 5.99. The second-order valence-corrected chi connectivity index (χ2v) is 9.99. The number of carboxylic acids is 1. The van der Waals surface area contributed by atoms with Crippen molar-refractivity contribution in [2.45, 2.75) is 41.0 Å². The monoisotopic (exact) mass is 472 g/mol. The van der Waals surface area contributed by atoms with Gasteiger partial charge in [0.2, 0.25) is 5.91 Å². The molecular weight excluding hydrogens is 436 g/mol. The highest BCUT2D eigenvalue weighted by Crippen LogP contribution is 2.34. The van der Waals surface area contributed by atoms with Gasteiger partial charge < -0.3 is 15.3 Å². The molecule has 0 aromatic heterocycles. The minimum Gasteiger partial charge on any atom is -0.478 e. The van der Waals surface area contributed by atoms with Gasteiger partial charge in [-0.1, -0.05) is 81.8 Å². The minimum atomic E-state index is -0.976. The van der Waals surface area contributed by atoms with Crippen LogP contribution in [0.3, 0.4) is 0 Å². The Morgan fingerprint density at radius 2 is 1.51 bits per heavy atom. The summed E-state index contributed by atoms with van der Waals surface area (Å²) in [6.45, 7) is 12.4. The smallest absolute Gasteiger partial charge is 0.336 e. The Morgan fingerprint density at radius 3 is 2.11 bits per heavy atom. The Labute approximate surface area is 208 Å². The van der Waals surface area contributed by atoms with Crippen LogP contribution < -0.4 is 10.2 Å². The molecule has 0 aliphatic rings. The SMILES string of the molecule is Cc1ccc(CC(=O)Nc2cc(-c3ccccc3C(=O)O)ccc2N(CC(C)C)CC(C)C)cc1. The van der Waals surface area contributed by atoms with Crippen molar-refractivity contribution in [2.75, 3.05) is 23.3 Å². The van der Waals surface area contributed by atoms with E-state index in [0.717, 1.165) is 35.5 Å². The maximum Gasteiger partial charge on any atom is 0.336 e. The van der Waals surface area contributed by atoms with Crippen LogP contribution in [-0.4, -0.2) is 30.1 Å². The van der Waals surface area contributed by atoms with Crippen molar-refractivity contribution >= 4 is 23.3 Å². The zero-order valence-corrected chi connectivity index (χ0v) is 21.3. The normalized spacial score (nSPS) is 11.1. The fourth-order valence-electron chi connectivity index (χ4n) is 4.24. The first-order valence-corrected chi connectivity index (χ1v) is 12.2. The van der Waals surface area contributed by atoms with Crippen LogP contribution in [-0.2, 0) is 11.2 Å². The molecule has 0 unspecified atom stereocenters. The number of amides is 1. The molecule has 3 aromatic rings. The lowest BCUT2D eigenvalue weighted by Gasteiger charge is -2.31. The van der Waals surface area contributed by atoms with Gasteiger partial charge in [0.15, 0.2) is 0 Å². The zero-order valence-electron chi connectivity index (χ0n) is 21.3. The predicted octanol–water partition coefficient (Wildman–Crippen LogP) is 6.66. The van der Waals surface area contributed by atoms with Crippen molar-refractivity contribution in [1.29, 1.82) is 0 Å². The van der Waals surface area contributed by atoms with E-state index in [0.29, 0.717) is 23.1 Å². The van der Waals surface area contributed by atoms with E-state index in [4.69, 9.17) is 0 Å². The molecule has 0 fully saturated rings. The van der Waals surface area contributed by atoms with Crippen LogP contribution in [0.15, 0.2) is 66.7 Å². The predicted molar refractivity (Wildman–Crippen MR) is 144 cm³/mol. The maximum absolute atomic E-state index is 13.1. The number of anilines is 2. The fraction of sp³-hybridized carbons (Fsp3) is 0.333. The molecule has 1 amide bonds. The van der Waals surface area contributed by atoms with Gasteiger partial charge in [-0.2, -0.15) is 0 Å². The van der Waals surface area contributed by atoms with Gasteiger partial charge in [-0.3, -0.25) is 4.79 Å². The summed E-state index contributed by atoms with van der Waals surface area (Å²) in [5.41, 5.74) is 5.36. The third kappa shape index (κ3) is 7.19. The molecule has 35 heavy (non-hydrogen) atoms. The molecule has 184 valence electrons. The molecule has 0 spiro atoms. The number of nitrogens with zero attached hydrogens (tertiary/aromatic N) is 1. The van der Waals surface area contributed by atoms with Gasteiger partial charge in [0.05, 0.1) is 23.4 Å². The molecule has 5 nitrogen and oxygen atoms in total. The minimum absolute atomic E-state index is 0.104. The summed E-state index contributed by atoms with van der Waals surface area (Å²) >= 11 is 0. The molecule has 0 radical (unpaired) electrons. The van der Waals surface area contributed by atoms with E-state index in [9.17, 15) is 14.7 Å². The largest absolute Gasteiger partial charge is 0.478 e. The number of carbonyl (C=O) groups is 2. The standard InChI is InChI=1S/C30H36N2O3/c1-20(2)18-32(19-21(3)4)28-15-14-24(25-8-6-7-9-26(25)30(34)35)17-27(28)31-29(33)16-23-12-10-22(5)11-13-23/h6-15,17,20-21H,16,18-19H2,1-5H3,(H,31,33)(H,34,35). The van der Waals surface area contributed by atoms with Gasteiger partial charge >= 0.3 is 5.97 Å². The molecule has 0 bridgehead atoms. The summed E-state index contributed by atoms with van der Waals surface area (Å²) in [5.74, 6) is -0.196. The molecule has 0 atom stereocenters. The average Bonchev–Trinajstić information content (AvgIpc) is 2.79. The van der Waals surface area contributed by atoms with E-state index in [1.165, 1.54) is 0 Å². The molecule has 2 N–H and O–H groups in total. The third-order valence-corrected chi connectivity index (χ3v) is 5.74. The number of aryl methyl sites for hydroxylation is 1. The first-order valence-electron chi connectivity index (χ1n) is 12.2. The van der Waals surface area contributed by atoms with Gasteiger partial charge in [0.25, 0.3) is 0 Å². The van der Waals surface area contributed by atoms with Crippen LogP contribution in [0.1, 0.15) is 49.2 Å². The van der Waals surface area contributed by atoms with Crippen molar-refractivity contribution in [3.8, 4) is 11.1 Å². The lowest BCUT2D eigenvalue weighted by Crippen LogP contribution is -2.32. The Kier molecular flexibility index (Phi) is 8.69. The Balaban J connectivity index is 2.03. The first kappa shape index (κ1) is 26.0. The van der Waals surface area contributed by atoms with E-state index >= 15 is 0 Å². The van der Waals surface area contributed by atoms with Gasteiger partial charge in [-0.15, -0.1) is 0 Å². The second kappa shape index (κ2) is 11.7. The van der Waals surface area contributed by atoms with Crippen LogP contribution in [0.2, 0.25) is 0 Å². The summed E-state index contributed by atoms with van der Waals surface area (Å²) in [6, 6.07) is 20.8. The van der Waals surface area contributed by atoms with Crippen LogP contribution in [0.5, 0.6) is 0 Å². The summed E-state index contributed by atoms with van der Waals surface area (Å²) in [7, 11) is 0. The number of carbonyl (C=O) groups excluding carboxylic acids is 1. The first-order chi connectivity index (χ1) is 16.6. The van der Waals surface area contributed by atoms with Gasteiger partial charge in [0.1, 0.15) is 0 Å². The average molecular weight is 473 g/mol. The van der Waals surface area contributed by atoms with Crippen LogP contribution in [0, 0.1) is 18.8 Å². The fourth-order valence-corrected chi connectivity index (χ4v) is 4.24. The maximum atomic E-state index is 13.1. The number of rotatable bonds is 10. The quantitative estimate of drug-likeness (QED) is 0.346. The van der Waals surface area contributed by atoms with Gasteiger partial charge in [-0.05, 0) is 53.6 Å². The number of hydrogen-bond acceptors (Lipinski definition) is 3. The van der Waals surface area contributed by atoms with Crippen molar-refractivity contribution in [2.24, 2.45) is 11.8 Å². The number of benzene rings is 3. The molecule has 0 heterocycles. The summed E-state index contributed by atoms with van der Waals surface area (Å²) in [5, 5.41) is 12.8. The van der Waals surface area contributed by atoms with E-state index in [-0.39, 0.29) is 17.9 Å². The van der Waals surface area contributed by atoms with Crippen LogP contribution in [0.25, 0.3) is 11.1 Å². The highest BCUT2D eigenvalue weighted by Gasteiger charge is 2.19. The molecule has 0 aliphatic carbocycles. The molecule has 5 heteroatoms. The van der Waals surface area contributed by atoms with Crippen molar-refractivity contribution in [1.82, 2.24) is 0 Å². The molecule has 3 rings (SSSR count). The molecule has 0 saturated carbocycles. The van der Waals surface area contributed by atoms with Gasteiger partial charge in [0, 0.05) is 13.1 Å². The number of nitrogens with one attached hydrogen (secondary N) is 1. The number of aromatic carboxylic acids is 1. The summed E-state index contributed by atoms with van der Waals surface area (Å²) < 4.78 is 0. The second-order valence-electron chi connectivity index (χ2n) is 9.99. The summed E-state index contributed by atoms with van der Waals surface area (Å²) in [4.78, 5) is 27.2. The molecular formula is C30H36N2O3. The van der Waals surface area contributed by atoms with Crippen LogP contribution in [0.4, 0.5) is 11.4 Å². The number of hydrogen-bond donors (Lipinski definition) is 2. The van der Waals surface area contributed by atoms with Crippen LogP contribution >= 0.6 is 0 Å². The zero-order chi connectivity index (χ0) is 25.5. The van der Waals surface area contributed by atoms with E-state index < -0.39 is 5.97 Å².